The first-order chi connectivity index (χ1) is 34.5. The largest absolute Gasteiger partial charge is 0.0839 e. The van der Waals surface area contributed by atoms with Crippen molar-refractivity contribution in [1.82, 2.24) is 0 Å². The van der Waals surface area contributed by atoms with Crippen LogP contribution in [0.2, 0.25) is 0 Å². The molecule has 1 fully saturated rings. The van der Waals surface area contributed by atoms with E-state index in [1.807, 2.05) is 5.57 Å². The molecule has 370 valence electrons. The third-order valence-electron chi connectivity index (χ3n) is 23.3. The smallest absolute Gasteiger partial charge is 0.0159 e. The third kappa shape index (κ3) is 5.31. The van der Waals surface area contributed by atoms with E-state index in [1.54, 1.807) is 88.7 Å². The molecule has 0 radical (unpaired) electrons. The Kier molecular flexibility index (Phi) is 8.54. The molecule has 10 aliphatic rings. The zero-order chi connectivity index (χ0) is 50.7. The maximum atomic E-state index is 2.91. The molecule has 0 N–H and O–H groups in total. The van der Waals surface area contributed by atoms with Gasteiger partial charge >= 0.3 is 0 Å². The van der Waals surface area contributed by atoms with E-state index in [4.69, 9.17) is 0 Å². The van der Waals surface area contributed by atoms with Crippen molar-refractivity contribution in [3.8, 4) is 11.1 Å². The topological polar surface area (TPSA) is 0 Å². The molecule has 10 aliphatic carbocycles. The maximum Gasteiger partial charge on any atom is 0.0159 e. The summed E-state index contributed by atoms with van der Waals surface area (Å²) >= 11 is 0. The van der Waals surface area contributed by atoms with Gasteiger partial charge in [0.05, 0.1) is 0 Å². The van der Waals surface area contributed by atoms with Gasteiger partial charge in [-0.1, -0.05) is 191 Å². The normalized spacial score (nSPS) is 28.3. The number of rotatable bonds is 6. The second-order valence-electron chi connectivity index (χ2n) is 28.9. The molecular formula is C73H78. The van der Waals surface area contributed by atoms with Crippen LogP contribution in [0.15, 0.2) is 124 Å². The first-order valence-electron chi connectivity index (χ1n) is 28.8. The molecule has 0 saturated heterocycles. The van der Waals surface area contributed by atoms with E-state index in [0.29, 0.717) is 35.5 Å². The van der Waals surface area contributed by atoms with Gasteiger partial charge in [0, 0.05) is 27.6 Å². The Morgan fingerprint density at radius 3 is 2.04 bits per heavy atom. The van der Waals surface area contributed by atoms with E-state index in [0.717, 1.165) is 19.3 Å². The van der Waals surface area contributed by atoms with Gasteiger partial charge in [-0.25, -0.2) is 0 Å². The molecule has 0 heteroatoms. The van der Waals surface area contributed by atoms with Gasteiger partial charge in [0.15, 0.2) is 0 Å². The molecule has 0 aromatic heterocycles. The van der Waals surface area contributed by atoms with Crippen LogP contribution in [0.5, 0.6) is 0 Å². The summed E-state index contributed by atoms with van der Waals surface area (Å²) in [5.74, 6) is 3.24. The fourth-order valence-electron chi connectivity index (χ4n) is 19.1. The lowest BCUT2D eigenvalue weighted by atomic mass is 9.50. The first-order valence-corrected chi connectivity index (χ1v) is 28.8. The van der Waals surface area contributed by atoms with Crippen molar-refractivity contribution in [3.63, 3.8) is 0 Å². The summed E-state index contributed by atoms with van der Waals surface area (Å²) in [6, 6.07) is 27.9. The molecule has 0 amide bonds. The highest BCUT2D eigenvalue weighted by molar-refractivity contribution is 6.09. The third-order valence-corrected chi connectivity index (χ3v) is 23.3. The van der Waals surface area contributed by atoms with Crippen LogP contribution in [0, 0.1) is 53.3 Å². The van der Waals surface area contributed by atoms with Gasteiger partial charge < -0.3 is 0 Å². The molecule has 0 nitrogen and oxygen atoms in total. The van der Waals surface area contributed by atoms with Crippen molar-refractivity contribution in [3.05, 3.63) is 196 Å². The van der Waals surface area contributed by atoms with Crippen LogP contribution in [0.25, 0.3) is 33.0 Å². The lowest BCUT2D eigenvalue weighted by Crippen LogP contribution is -2.45. The number of benzene rings is 5. The summed E-state index contributed by atoms with van der Waals surface area (Å²) in [6.45, 7) is 38.1. The lowest BCUT2D eigenvalue weighted by Gasteiger charge is -2.54. The zero-order valence-electron chi connectivity index (χ0n) is 46.9. The van der Waals surface area contributed by atoms with Crippen molar-refractivity contribution < 1.29 is 0 Å². The van der Waals surface area contributed by atoms with Crippen LogP contribution in [0.4, 0.5) is 0 Å². The number of aryl methyl sites for hydroxylation is 2. The summed E-state index contributed by atoms with van der Waals surface area (Å²) in [4.78, 5) is 0. The van der Waals surface area contributed by atoms with Gasteiger partial charge in [0.25, 0.3) is 0 Å². The molecular weight excluding hydrogens is 877 g/mol. The lowest BCUT2D eigenvalue weighted by molar-refractivity contribution is 0.137. The minimum Gasteiger partial charge on any atom is -0.0839 e. The zero-order valence-corrected chi connectivity index (χ0v) is 46.9. The quantitative estimate of drug-likeness (QED) is 0.159. The number of hydrogen-bond acceptors (Lipinski definition) is 0. The Bertz CT molecular complexity index is 3790. The molecule has 0 spiro atoms. The van der Waals surface area contributed by atoms with E-state index in [2.05, 4.69) is 195 Å². The Labute approximate surface area is 437 Å². The Morgan fingerprint density at radius 1 is 0.616 bits per heavy atom. The van der Waals surface area contributed by atoms with Gasteiger partial charge in [-0.15, -0.1) is 0 Å². The predicted octanol–water partition coefficient (Wildman–Crippen LogP) is 16.6. The summed E-state index contributed by atoms with van der Waals surface area (Å²) < 4.78 is 0. The highest BCUT2D eigenvalue weighted by Crippen LogP contribution is 2.71. The van der Waals surface area contributed by atoms with Crippen molar-refractivity contribution in [2.24, 2.45) is 46.3 Å². The van der Waals surface area contributed by atoms with E-state index >= 15 is 0 Å². The highest BCUT2D eigenvalue weighted by Gasteiger charge is 2.60. The van der Waals surface area contributed by atoms with Crippen LogP contribution in [0.3, 0.4) is 0 Å². The molecule has 15 rings (SSSR count). The second-order valence-corrected chi connectivity index (χ2v) is 28.9. The molecule has 0 aliphatic heterocycles. The monoisotopic (exact) mass is 955 g/mol. The molecule has 5 aromatic carbocycles. The van der Waals surface area contributed by atoms with Crippen LogP contribution >= 0.6 is 0 Å². The number of hydrogen-bond donors (Lipinski definition) is 0. The van der Waals surface area contributed by atoms with E-state index < -0.39 is 0 Å². The Morgan fingerprint density at radius 2 is 1.27 bits per heavy atom. The average Bonchev–Trinajstić information content (AvgIpc) is 3.82. The molecule has 5 aromatic rings. The molecule has 0 bridgehead atoms. The van der Waals surface area contributed by atoms with Gasteiger partial charge in [0.2, 0.25) is 0 Å². The molecule has 6 atom stereocenters. The summed E-state index contributed by atoms with van der Waals surface area (Å²) in [5.41, 5.74) is 33.4. The van der Waals surface area contributed by atoms with Crippen LogP contribution in [-0.2, 0) is 34.5 Å². The van der Waals surface area contributed by atoms with Gasteiger partial charge in [-0.2, -0.15) is 0 Å². The fourth-order valence-corrected chi connectivity index (χ4v) is 19.1. The Balaban J connectivity index is 0.892. The summed E-state index contributed by atoms with van der Waals surface area (Å²) in [7, 11) is 0. The van der Waals surface area contributed by atoms with Gasteiger partial charge in [-0.05, 0) is 221 Å². The minimum absolute atomic E-state index is 0.0159. The summed E-state index contributed by atoms with van der Waals surface area (Å²) in [6.07, 6.45) is 17.6. The standard InChI is InChI=1S/C73H78/c1-37-27-50-65-59-44(37)19-16-22-47(59)68(4,5)53-31-40(32-54(62(53)65)71(50,10)11)25-26-42(43-35-57-64-58(36-43)73(14,15)52-29-39(3)46-21-18-24-49(70(57,8)9)61(46)67(52)64)30-41-33-55-63-56(34-41)72(12,13)51-28-38(2)45-20-17-23-48(69(55,6)7)60(45)66(51)63/h16-23,28-29,31-34,36,42-43,49-50,61,67H,24-27,30,35H2,1-15H3. The van der Waals surface area contributed by atoms with E-state index in [1.165, 1.54) is 63.1 Å². The Hall–Kier alpha value is -5.20. The van der Waals surface area contributed by atoms with E-state index in [-0.39, 0.29) is 32.5 Å². The van der Waals surface area contributed by atoms with Crippen LogP contribution in [-0.4, -0.2) is 0 Å². The van der Waals surface area contributed by atoms with Gasteiger partial charge in [-0.3, -0.25) is 0 Å². The van der Waals surface area contributed by atoms with E-state index in [9.17, 15) is 0 Å². The van der Waals surface area contributed by atoms with Crippen molar-refractivity contribution in [2.75, 3.05) is 0 Å². The van der Waals surface area contributed by atoms with Gasteiger partial charge in [0.1, 0.15) is 0 Å². The maximum absolute atomic E-state index is 2.91. The van der Waals surface area contributed by atoms with Crippen molar-refractivity contribution in [2.45, 2.75) is 164 Å². The summed E-state index contributed by atoms with van der Waals surface area (Å²) in [5, 5.41) is 6.03. The molecule has 6 unspecified atom stereocenters. The van der Waals surface area contributed by atoms with Crippen LogP contribution < -0.4 is 10.4 Å². The van der Waals surface area contributed by atoms with Crippen molar-refractivity contribution >= 4 is 21.9 Å². The minimum atomic E-state index is -0.101. The first kappa shape index (κ1) is 45.2. The highest BCUT2D eigenvalue weighted by atomic mass is 14.6. The molecule has 73 heavy (non-hydrogen) atoms. The predicted molar refractivity (Wildman–Crippen MR) is 307 cm³/mol. The number of allylic oxidation sites excluding steroid dienone is 10. The average molecular weight is 955 g/mol. The molecule has 1 saturated carbocycles. The van der Waals surface area contributed by atoms with Crippen LogP contribution in [0.1, 0.15) is 184 Å². The second kappa shape index (κ2) is 13.8. The SMILES string of the molecule is CC1=C2C=CCC3C2C2C(=C1)C(C)(C)C1=CC(C(CCc4cc5c6c(c4)C(C)(C)C4CC(C)=c7cccc(c7=C64)C5(C)C)Cc4cc5c6c(c4)C(C)(C)c4cccc7c(C)cc(c-6c47)C5(C)C)CC(=C12)C3(C)C. The van der Waals surface area contributed by atoms with Crippen molar-refractivity contribution in [1.29, 1.82) is 0 Å². The fraction of sp³-hybridized carbons (Fsp3) is 0.452. The molecule has 0 heterocycles.